The number of rotatable bonds is 10. The van der Waals surface area contributed by atoms with Crippen molar-refractivity contribution in [3.8, 4) is 0 Å². The van der Waals surface area contributed by atoms with Crippen LogP contribution in [0, 0.1) is 5.92 Å². The molecule has 0 radical (unpaired) electrons. The normalized spacial score (nSPS) is 12.6. The van der Waals surface area contributed by atoms with Crippen molar-refractivity contribution in [3.05, 3.63) is 28.8 Å². The Kier molecular flexibility index (Phi) is 9.72. The molecule has 2 N–H and O–H groups in total. The number of alkyl halides is 3. The highest BCUT2D eigenvalue weighted by atomic mass is 35.5. The van der Waals surface area contributed by atoms with Crippen LogP contribution in [0.5, 0.6) is 0 Å². The molecule has 0 aliphatic carbocycles. The van der Waals surface area contributed by atoms with E-state index in [2.05, 4.69) is 10.6 Å². The Bertz CT molecular complexity index is 699. The van der Waals surface area contributed by atoms with Gasteiger partial charge in [-0.2, -0.15) is 13.2 Å². The molecule has 0 fully saturated rings. The van der Waals surface area contributed by atoms with Crippen molar-refractivity contribution in [1.82, 2.24) is 10.2 Å². The number of likely N-dealkylation sites (N-methyl/N-ethyl adjacent to an activating group) is 1. The maximum absolute atomic E-state index is 12.8. The van der Waals surface area contributed by atoms with Gasteiger partial charge in [-0.15, -0.1) is 0 Å². The molecule has 164 valence electrons. The molecule has 0 aliphatic rings. The largest absolute Gasteiger partial charge is 0.416 e. The number of methoxy groups -OCH3 is 1. The Morgan fingerprint density at radius 2 is 1.93 bits per heavy atom. The second-order valence-electron chi connectivity index (χ2n) is 6.95. The topological polar surface area (TPSA) is 70.7 Å². The molecule has 6 nitrogen and oxygen atoms in total. The number of hydrogen-bond acceptors (Lipinski definition) is 4. The third-order valence-electron chi connectivity index (χ3n) is 4.14. The molecule has 2 amide bonds. The van der Waals surface area contributed by atoms with E-state index in [1.807, 2.05) is 0 Å². The molecule has 0 saturated heterocycles. The zero-order chi connectivity index (χ0) is 22.2. The van der Waals surface area contributed by atoms with Gasteiger partial charge in [0.05, 0.1) is 22.8 Å². The second-order valence-corrected chi connectivity index (χ2v) is 7.36. The van der Waals surface area contributed by atoms with Crippen molar-refractivity contribution < 1.29 is 27.5 Å². The van der Waals surface area contributed by atoms with Crippen LogP contribution in [-0.2, 0) is 20.5 Å². The van der Waals surface area contributed by atoms with Crippen molar-refractivity contribution in [3.63, 3.8) is 0 Å². The van der Waals surface area contributed by atoms with E-state index in [-0.39, 0.29) is 35.0 Å². The minimum Gasteiger partial charge on any atom is -0.385 e. The zero-order valence-corrected chi connectivity index (χ0v) is 17.7. The van der Waals surface area contributed by atoms with Crippen LogP contribution in [-0.4, -0.2) is 56.6 Å². The van der Waals surface area contributed by atoms with Gasteiger partial charge in [0, 0.05) is 27.3 Å². The fourth-order valence-corrected chi connectivity index (χ4v) is 2.76. The lowest BCUT2D eigenvalue weighted by atomic mass is 10.0. The summed E-state index contributed by atoms with van der Waals surface area (Å²) in [6, 6.07) is 2.13. The number of carbonyl (C=O) groups excluding carboxylic acids is 2. The smallest absolute Gasteiger partial charge is 0.385 e. The molecule has 0 aliphatic heterocycles. The van der Waals surface area contributed by atoms with E-state index in [1.165, 1.54) is 18.0 Å². The van der Waals surface area contributed by atoms with Gasteiger partial charge >= 0.3 is 6.18 Å². The van der Waals surface area contributed by atoms with Crippen molar-refractivity contribution in [2.45, 2.75) is 32.5 Å². The summed E-state index contributed by atoms with van der Waals surface area (Å²) in [5.74, 6) is -0.886. The van der Waals surface area contributed by atoms with Gasteiger partial charge in [0.2, 0.25) is 11.8 Å². The number of anilines is 1. The lowest BCUT2D eigenvalue weighted by Gasteiger charge is -2.28. The Morgan fingerprint density at radius 3 is 2.45 bits per heavy atom. The van der Waals surface area contributed by atoms with Gasteiger partial charge in [-0.1, -0.05) is 25.4 Å². The number of hydrogen-bond donors (Lipinski definition) is 2. The van der Waals surface area contributed by atoms with Gasteiger partial charge in [0.1, 0.15) is 6.04 Å². The van der Waals surface area contributed by atoms with Crippen molar-refractivity contribution in [2.24, 2.45) is 5.92 Å². The zero-order valence-electron chi connectivity index (χ0n) is 16.9. The highest BCUT2D eigenvalue weighted by Gasteiger charge is 2.32. The summed E-state index contributed by atoms with van der Waals surface area (Å²) in [5.41, 5.74) is -0.660. The van der Waals surface area contributed by atoms with Crippen LogP contribution < -0.4 is 10.6 Å². The summed E-state index contributed by atoms with van der Waals surface area (Å²) in [4.78, 5) is 26.0. The third-order valence-corrected chi connectivity index (χ3v) is 4.46. The van der Waals surface area contributed by atoms with Crippen molar-refractivity contribution >= 4 is 29.1 Å². The Balaban J connectivity index is 2.79. The molecule has 29 heavy (non-hydrogen) atoms. The first kappa shape index (κ1) is 25.0. The first-order chi connectivity index (χ1) is 13.5. The van der Waals surface area contributed by atoms with Crippen LogP contribution >= 0.6 is 11.6 Å². The van der Waals surface area contributed by atoms with Crippen LogP contribution in [0.15, 0.2) is 18.2 Å². The van der Waals surface area contributed by atoms with Crippen LogP contribution in [0.4, 0.5) is 18.9 Å². The van der Waals surface area contributed by atoms with Gasteiger partial charge in [-0.05, 0) is 30.5 Å². The monoisotopic (exact) mass is 437 g/mol. The predicted octanol–water partition coefficient (Wildman–Crippen LogP) is 3.41. The van der Waals surface area contributed by atoms with Crippen molar-refractivity contribution in [2.75, 3.05) is 39.2 Å². The maximum atomic E-state index is 12.8. The summed E-state index contributed by atoms with van der Waals surface area (Å²) in [7, 11) is 3.05. The van der Waals surface area contributed by atoms with E-state index < -0.39 is 17.8 Å². The van der Waals surface area contributed by atoms with E-state index >= 15 is 0 Å². The molecule has 1 rings (SSSR count). The van der Waals surface area contributed by atoms with Crippen LogP contribution in [0.2, 0.25) is 5.02 Å². The Hall–Kier alpha value is -2.00. The van der Waals surface area contributed by atoms with Gasteiger partial charge in [-0.25, -0.2) is 0 Å². The van der Waals surface area contributed by atoms with Crippen LogP contribution in [0.3, 0.4) is 0 Å². The number of amides is 2. The average molecular weight is 438 g/mol. The summed E-state index contributed by atoms with van der Waals surface area (Å²) < 4.78 is 43.3. The van der Waals surface area contributed by atoms with Crippen LogP contribution in [0.1, 0.15) is 25.8 Å². The molecule has 0 saturated carbocycles. The maximum Gasteiger partial charge on any atom is 0.416 e. The minimum absolute atomic E-state index is 0.141. The molecule has 0 unspecified atom stereocenters. The highest BCUT2D eigenvalue weighted by molar-refractivity contribution is 6.33. The Labute approximate surface area is 173 Å². The fraction of sp³-hybridized carbons (Fsp3) is 0.579. The van der Waals surface area contributed by atoms with Gasteiger partial charge in [-0.3, -0.25) is 9.59 Å². The van der Waals surface area contributed by atoms with Gasteiger partial charge in [0.15, 0.2) is 0 Å². The summed E-state index contributed by atoms with van der Waals surface area (Å²) in [6.45, 7) is 4.37. The molecule has 1 aromatic carbocycles. The van der Waals surface area contributed by atoms with Gasteiger partial charge < -0.3 is 20.3 Å². The number of ether oxygens (including phenoxy) is 1. The predicted molar refractivity (Wildman–Crippen MR) is 106 cm³/mol. The molecule has 10 heteroatoms. The summed E-state index contributed by atoms with van der Waals surface area (Å²) in [5, 5.41) is 5.45. The molecule has 0 heterocycles. The Morgan fingerprint density at radius 1 is 1.28 bits per heavy atom. The lowest BCUT2D eigenvalue weighted by molar-refractivity contribution is -0.137. The van der Waals surface area contributed by atoms with E-state index in [0.717, 1.165) is 12.1 Å². The minimum atomic E-state index is -4.51. The highest BCUT2D eigenvalue weighted by Crippen LogP contribution is 2.34. The third kappa shape index (κ3) is 8.10. The van der Waals surface area contributed by atoms with Crippen LogP contribution in [0.25, 0.3) is 0 Å². The SMILES string of the molecule is COCCCNC(=O)CN(C)C(=O)[C@@H](Nc1ccc(C(F)(F)F)cc1Cl)C(C)C. The quantitative estimate of drug-likeness (QED) is 0.550. The fourth-order valence-electron chi connectivity index (χ4n) is 2.52. The molecule has 0 spiro atoms. The molecular weight excluding hydrogens is 411 g/mol. The number of nitrogens with one attached hydrogen (secondary N) is 2. The molecule has 0 bridgehead atoms. The first-order valence-corrected chi connectivity index (χ1v) is 9.49. The summed E-state index contributed by atoms with van der Waals surface area (Å²) in [6.07, 6.45) is -3.85. The lowest BCUT2D eigenvalue weighted by Crippen LogP contribution is -2.47. The van der Waals surface area contributed by atoms with Crippen molar-refractivity contribution in [1.29, 1.82) is 0 Å². The molecule has 0 aromatic heterocycles. The molecule has 1 atom stereocenters. The number of nitrogens with zero attached hydrogens (tertiary/aromatic N) is 1. The van der Waals surface area contributed by atoms with E-state index in [1.54, 1.807) is 21.0 Å². The van der Waals surface area contributed by atoms with Gasteiger partial charge in [0.25, 0.3) is 0 Å². The van der Waals surface area contributed by atoms with E-state index in [0.29, 0.717) is 19.6 Å². The average Bonchev–Trinajstić information content (AvgIpc) is 2.62. The standard InChI is InChI=1S/C19H27ClF3N3O3/c1-12(2)17(18(28)26(3)11-16(27)24-8-5-9-29-4)25-15-7-6-13(10-14(15)20)19(21,22)23/h6-7,10,12,17,25H,5,8-9,11H2,1-4H3,(H,24,27)/t17-/m0/s1. The molecular formula is C19H27ClF3N3O3. The number of benzene rings is 1. The number of halogens is 4. The summed E-state index contributed by atoms with van der Waals surface area (Å²) >= 11 is 5.97. The second kappa shape index (κ2) is 11.3. The first-order valence-electron chi connectivity index (χ1n) is 9.11. The van der Waals surface area contributed by atoms with E-state index in [4.69, 9.17) is 16.3 Å². The molecule has 1 aromatic rings. The number of carbonyl (C=O) groups is 2. The van der Waals surface area contributed by atoms with E-state index in [9.17, 15) is 22.8 Å².